The second kappa shape index (κ2) is 4.30. The van der Waals surface area contributed by atoms with E-state index in [1.807, 2.05) is 0 Å². The molecule has 16 heavy (non-hydrogen) atoms. The van der Waals surface area contributed by atoms with Crippen LogP contribution in [0.25, 0.3) is 0 Å². The summed E-state index contributed by atoms with van der Waals surface area (Å²) < 4.78 is 26.8. The van der Waals surface area contributed by atoms with Crippen molar-refractivity contribution < 1.29 is 18.7 Å². The number of halogens is 2. The molecular formula is C12H18F2O2. The number of carbonyl (C=O) groups is 1. The SMILES string of the molecule is O=C(O)CCC1C2CCCC1CC(F)(F)C2. The lowest BCUT2D eigenvalue weighted by Gasteiger charge is -2.45. The number of rotatable bonds is 3. The minimum atomic E-state index is -2.50. The van der Waals surface area contributed by atoms with Crippen molar-refractivity contribution in [1.82, 2.24) is 0 Å². The van der Waals surface area contributed by atoms with Gasteiger partial charge in [-0.25, -0.2) is 8.78 Å². The first kappa shape index (κ1) is 11.8. The quantitative estimate of drug-likeness (QED) is 0.810. The van der Waals surface area contributed by atoms with Crippen LogP contribution in [0.3, 0.4) is 0 Å². The summed E-state index contributed by atoms with van der Waals surface area (Å²) in [5, 5.41) is 8.66. The van der Waals surface area contributed by atoms with E-state index in [9.17, 15) is 13.6 Å². The van der Waals surface area contributed by atoms with Crippen molar-refractivity contribution in [3.05, 3.63) is 0 Å². The van der Waals surface area contributed by atoms with Gasteiger partial charge in [0.2, 0.25) is 5.92 Å². The van der Waals surface area contributed by atoms with Crippen LogP contribution in [0.15, 0.2) is 0 Å². The number of carboxylic acid groups (broad SMARTS) is 1. The number of hydrogen-bond donors (Lipinski definition) is 1. The molecule has 0 aromatic rings. The maximum Gasteiger partial charge on any atom is 0.303 e. The normalized spacial score (nSPS) is 37.0. The van der Waals surface area contributed by atoms with Crippen LogP contribution >= 0.6 is 0 Å². The van der Waals surface area contributed by atoms with Crippen LogP contribution in [0, 0.1) is 17.8 Å². The Balaban J connectivity index is 2.00. The van der Waals surface area contributed by atoms with E-state index in [1.165, 1.54) is 0 Å². The molecule has 4 heteroatoms. The van der Waals surface area contributed by atoms with Gasteiger partial charge >= 0.3 is 5.97 Å². The summed E-state index contributed by atoms with van der Waals surface area (Å²) in [6.45, 7) is 0. The minimum Gasteiger partial charge on any atom is -0.481 e. The Kier molecular flexibility index (Phi) is 3.17. The van der Waals surface area contributed by atoms with Crippen LogP contribution < -0.4 is 0 Å². The maximum absolute atomic E-state index is 13.4. The highest BCUT2D eigenvalue weighted by molar-refractivity contribution is 5.66. The molecule has 2 atom stereocenters. The van der Waals surface area contributed by atoms with Crippen molar-refractivity contribution >= 4 is 5.97 Å². The van der Waals surface area contributed by atoms with Crippen LogP contribution in [0.2, 0.25) is 0 Å². The number of alkyl halides is 2. The van der Waals surface area contributed by atoms with Gasteiger partial charge in [0.1, 0.15) is 0 Å². The van der Waals surface area contributed by atoms with Gasteiger partial charge in [-0.1, -0.05) is 6.42 Å². The monoisotopic (exact) mass is 232 g/mol. The lowest BCUT2D eigenvalue weighted by molar-refractivity contribution is -0.139. The largest absolute Gasteiger partial charge is 0.481 e. The molecule has 2 bridgehead atoms. The highest BCUT2D eigenvalue weighted by atomic mass is 19.3. The first-order chi connectivity index (χ1) is 7.48. The van der Waals surface area contributed by atoms with Crippen LogP contribution in [0.4, 0.5) is 8.78 Å². The Morgan fingerprint density at radius 2 is 1.81 bits per heavy atom. The third-order valence-corrected chi connectivity index (χ3v) is 4.17. The zero-order valence-electron chi connectivity index (χ0n) is 9.29. The van der Waals surface area contributed by atoms with Crippen LogP contribution in [-0.4, -0.2) is 17.0 Å². The zero-order valence-corrected chi connectivity index (χ0v) is 9.29. The molecule has 92 valence electrons. The fraction of sp³-hybridized carbons (Fsp3) is 0.917. The molecule has 0 heterocycles. The van der Waals surface area contributed by atoms with Crippen molar-refractivity contribution in [1.29, 1.82) is 0 Å². The molecule has 0 spiro atoms. The third kappa shape index (κ3) is 2.53. The summed E-state index contributed by atoms with van der Waals surface area (Å²) in [6, 6.07) is 0. The first-order valence-electron chi connectivity index (χ1n) is 6.07. The summed E-state index contributed by atoms with van der Waals surface area (Å²) in [5.74, 6) is -2.97. The van der Waals surface area contributed by atoms with Crippen LogP contribution in [0.1, 0.15) is 44.9 Å². The molecule has 1 N–H and O–H groups in total. The fourth-order valence-corrected chi connectivity index (χ4v) is 3.57. The Bertz CT molecular complexity index is 262. The second-order valence-electron chi connectivity index (χ2n) is 5.31. The van der Waals surface area contributed by atoms with Gasteiger partial charge in [-0.2, -0.15) is 0 Å². The number of fused-ring (bicyclic) bond motifs is 2. The molecule has 2 aliphatic rings. The molecule has 0 amide bonds. The molecule has 0 saturated heterocycles. The second-order valence-corrected chi connectivity index (χ2v) is 5.31. The van der Waals surface area contributed by atoms with E-state index in [0.717, 1.165) is 19.3 Å². The Morgan fingerprint density at radius 3 is 2.31 bits per heavy atom. The van der Waals surface area contributed by atoms with E-state index in [-0.39, 0.29) is 37.0 Å². The molecule has 0 aliphatic heterocycles. The molecule has 0 aromatic heterocycles. The number of hydrogen-bond acceptors (Lipinski definition) is 1. The van der Waals surface area contributed by atoms with E-state index < -0.39 is 11.9 Å². The van der Waals surface area contributed by atoms with Crippen LogP contribution in [0.5, 0.6) is 0 Å². The van der Waals surface area contributed by atoms with Crippen LogP contribution in [-0.2, 0) is 4.79 Å². The van der Waals surface area contributed by atoms with E-state index in [0.29, 0.717) is 6.42 Å². The van der Waals surface area contributed by atoms with Crippen molar-refractivity contribution in [2.45, 2.75) is 50.9 Å². The van der Waals surface area contributed by atoms with Crippen molar-refractivity contribution in [3.8, 4) is 0 Å². The van der Waals surface area contributed by atoms with Crippen molar-refractivity contribution in [2.75, 3.05) is 0 Å². The minimum absolute atomic E-state index is 0.0201. The van der Waals surface area contributed by atoms with E-state index in [1.54, 1.807) is 0 Å². The van der Waals surface area contributed by atoms with Gasteiger partial charge in [0.15, 0.2) is 0 Å². The van der Waals surface area contributed by atoms with Crippen molar-refractivity contribution in [2.24, 2.45) is 17.8 Å². The summed E-state index contributed by atoms with van der Waals surface area (Å²) in [6.07, 6.45) is 3.42. The molecule has 2 saturated carbocycles. The van der Waals surface area contributed by atoms with Gasteiger partial charge < -0.3 is 5.11 Å². The number of aliphatic carboxylic acids is 1. The predicted octanol–water partition coefficient (Wildman–Crippen LogP) is 3.31. The highest BCUT2D eigenvalue weighted by Gasteiger charge is 2.48. The topological polar surface area (TPSA) is 37.3 Å². The summed E-state index contributed by atoms with van der Waals surface area (Å²) >= 11 is 0. The molecule has 2 rings (SSSR count). The Hall–Kier alpha value is -0.670. The maximum atomic E-state index is 13.4. The Labute approximate surface area is 94.0 Å². The summed E-state index contributed by atoms with van der Waals surface area (Å²) in [7, 11) is 0. The van der Waals surface area contributed by atoms with Gasteiger partial charge in [0.25, 0.3) is 0 Å². The molecular weight excluding hydrogens is 214 g/mol. The molecule has 0 radical (unpaired) electrons. The fourth-order valence-electron chi connectivity index (χ4n) is 3.57. The van der Waals surface area contributed by atoms with E-state index >= 15 is 0 Å². The molecule has 2 unspecified atom stereocenters. The average Bonchev–Trinajstić information content (AvgIpc) is 2.13. The molecule has 2 fully saturated rings. The molecule has 2 aliphatic carbocycles. The molecule has 2 nitrogen and oxygen atoms in total. The van der Waals surface area contributed by atoms with Gasteiger partial charge in [-0.3, -0.25) is 4.79 Å². The zero-order chi connectivity index (χ0) is 11.8. The third-order valence-electron chi connectivity index (χ3n) is 4.17. The summed E-state index contributed by atoms with van der Waals surface area (Å²) in [4.78, 5) is 10.5. The molecule has 0 aromatic carbocycles. The van der Waals surface area contributed by atoms with Gasteiger partial charge in [-0.15, -0.1) is 0 Å². The standard InChI is InChI=1S/C12H18F2O2/c13-12(14)6-8-2-1-3-9(7-12)10(8)4-5-11(15)16/h8-10H,1-7H2,(H,15,16). The highest BCUT2D eigenvalue weighted by Crippen LogP contribution is 2.51. The predicted molar refractivity (Wildman–Crippen MR) is 55.4 cm³/mol. The Morgan fingerprint density at radius 1 is 1.25 bits per heavy atom. The smallest absolute Gasteiger partial charge is 0.303 e. The number of carboxylic acids is 1. The summed E-state index contributed by atoms with van der Waals surface area (Å²) in [5.41, 5.74) is 0. The average molecular weight is 232 g/mol. The lowest BCUT2D eigenvalue weighted by atomic mass is 9.62. The van der Waals surface area contributed by atoms with E-state index in [2.05, 4.69) is 0 Å². The van der Waals surface area contributed by atoms with Gasteiger partial charge in [0.05, 0.1) is 0 Å². The first-order valence-corrected chi connectivity index (χ1v) is 6.07. The van der Waals surface area contributed by atoms with Gasteiger partial charge in [-0.05, 0) is 37.0 Å². The van der Waals surface area contributed by atoms with Gasteiger partial charge in [0, 0.05) is 19.3 Å². The van der Waals surface area contributed by atoms with E-state index in [4.69, 9.17) is 5.11 Å². The van der Waals surface area contributed by atoms with Crippen molar-refractivity contribution in [3.63, 3.8) is 0 Å². The lowest BCUT2D eigenvalue weighted by Crippen LogP contribution is -2.41.